The number of hydrogen-bond acceptors (Lipinski definition) is 2. The second-order valence-electron chi connectivity index (χ2n) is 5.06. The maximum absolute atomic E-state index is 12.1. The zero-order valence-corrected chi connectivity index (χ0v) is 11.2. The first-order chi connectivity index (χ1) is 8.66. The van der Waals surface area contributed by atoms with Gasteiger partial charge in [0.15, 0.2) is 0 Å². The SMILES string of the molecule is CC(C)OCc1ccc(C(=O)N2CCCC2)cc1. The molecule has 1 aromatic rings. The number of likely N-dealkylation sites (tertiary alicyclic amines) is 1. The topological polar surface area (TPSA) is 29.5 Å². The number of ether oxygens (including phenoxy) is 1. The van der Waals surface area contributed by atoms with E-state index in [9.17, 15) is 4.79 Å². The fraction of sp³-hybridized carbons (Fsp3) is 0.533. The molecule has 1 aliphatic heterocycles. The van der Waals surface area contributed by atoms with Gasteiger partial charge in [-0.05, 0) is 44.4 Å². The number of rotatable bonds is 4. The van der Waals surface area contributed by atoms with E-state index < -0.39 is 0 Å². The summed E-state index contributed by atoms with van der Waals surface area (Å²) in [5.41, 5.74) is 1.90. The fourth-order valence-corrected chi connectivity index (χ4v) is 2.11. The molecule has 1 amide bonds. The molecular formula is C15H21NO2. The number of carbonyl (C=O) groups excluding carboxylic acids is 1. The highest BCUT2D eigenvalue weighted by Crippen LogP contribution is 2.14. The van der Waals surface area contributed by atoms with Crippen molar-refractivity contribution in [1.82, 2.24) is 4.90 Å². The Labute approximate surface area is 109 Å². The molecule has 2 rings (SSSR count). The van der Waals surface area contributed by atoms with Crippen molar-refractivity contribution in [2.75, 3.05) is 13.1 Å². The van der Waals surface area contributed by atoms with Crippen LogP contribution in [0.4, 0.5) is 0 Å². The lowest BCUT2D eigenvalue weighted by molar-refractivity contribution is 0.0656. The Hall–Kier alpha value is -1.35. The van der Waals surface area contributed by atoms with Gasteiger partial charge in [-0.2, -0.15) is 0 Å². The van der Waals surface area contributed by atoms with Crippen LogP contribution >= 0.6 is 0 Å². The Morgan fingerprint density at radius 2 is 1.83 bits per heavy atom. The van der Waals surface area contributed by atoms with Crippen LogP contribution in [0, 0.1) is 0 Å². The molecule has 0 N–H and O–H groups in total. The molecule has 1 aromatic carbocycles. The Morgan fingerprint density at radius 3 is 2.39 bits per heavy atom. The number of nitrogens with zero attached hydrogens (tertiary/aromatic N) is 1. The van der Waals surface area contributed by atoms with Crippen LogP contribution in [0.5, 0.6) is 0 Å². The van der Waals surface area contributed by atoms with E-state index in [4.69, 9.17) is 4.74 Å². The fourth-order valence-electron chi connectivity index (χ4n) is 2.11. The molecule has 1 heterocycles. The third kappa shape index (κ3) is 3.33. The van der Waals surface area contributed by atoms with Crippen molar-refractivity contribution in [3.05, 3.63) is 35.4 Å². The van der Waals surface area contributed by atoms with Gasteiger partial charge in [-0.15, -0.1) is 0 Å². The third-order valence-electron chi connectivity index (χ3n) is 3.18. The van der Waals surface area contributed by atoms with Crippen LogP contribution in [0.25, 0.3) is 0 Å². The molecule has 0 aromatic heterocycles. The van der Waals surface area contributed by atoms with Gasteiger partial charge in [0, 0.05) is 18.7 Å². The molecule has 0 unspecified atom stereocenters. The van der Waals surface area contributed by atoms with Gasteiger partial charge >= 0.3 is 0 Å². The molecule has 18 heavy (non-hydrogen) atoms. The van der Waals surface area contributed by atoms with E-state index in [2.05, 4.69) is 0 Å². The predicted molar refractivity (Wildman–Crippen MR) is 71.5 cm³/mol. The first-order valence-electron chi connectivity index (χ1n) is 6.66. The van der Waals surface area contributed by atoms with Crippen LogP contribution in [-0.2, 0) is 11.3 Å². The van der Waals surface area contributed by atoms with Gasteiger partial charge in [0.1, 0.15) is 0 Å². The third-order valence-corrected chi connectivity index (χ3v) is 3.18. The summed E-state index contributed by atoms with van der Waals surface area (Å²) in [4.78, 5) is 14.0. The second kappa shape index (κ2) is 6.01. The molecule has 0 saturated carbocycles. The lowest BCUT2D eigenvalue weighted by Gasteiger charge is -2.15. The highest BCUT2D eigenvalue weighted by Gasteiger charge is 2.18. The highest BCUT2D eigenvalue weighted by molar-refractivity contribution is 5.94. The standard InChI is InChI=1S/C15H21NO2/c1-12(2)18-11-13-5-7-14(8-6-13)15(17)16-9-3-4-10-16/h5-8,12H,3-4,9-11H2,1-2H3. The van der Waals surface area contributed by atoms with Crippen molar-refractivity contribution in [3.8, 4) is 0 Å². The minimum absolute atomic E-state index is 0.156. The summed E-state index contributed by atoms with van der Waals surface area (Å²) in [6, 6.07) is 7.76. The molecule has 1 aliphatic rings. The largest absolute Gasteiger partial charge is 0.374 e. The number of benzene rings is 1. The summed E-state index contributed by atoms with van der Waals surface area (Å²) in [5.74, 6) is 0.156. The number of hydrogen-bond donors (Lipinski definition) is 0. The zero-order valence-electron chi connectivity index (χ0n) is 11.2. The average molecular weight is 247 g/mol. The molecular weight excluding hydrogens is 226 g/mol. The maximum atomic E-state index is 12.1. The van der Waals surface area contributed by atoms with E-state index in [1.807, 2.05) is 43.0 Å². The van der Waals surface area contributed by atoms with Crippen LogP contribution < -0.4 is 0 Å². The normalized spacial score (nSPS) is 15.4. The first-order valence-corrected chi connectivity index (χ1v) is 6.66. The van der Waals surface area contributed by atoms with Gasteiger partial charge in [0.05, 0.1) is 12.7 Å². The minimum Gasteiger partial charge on any atom is -0.374 e. The summed E-state index contributed by atoms with van der Waals surface area (Å²) in [5, 5.41) is 0. The molecule has 1 saturated heterocycles. The lowest BCUT2D eigenvalue weighted by atomic mass is 10.1. The summed E-state index contributed by atoms with van der Waals surface area (Å²) < 4.78 is 5.53. The Kier molecular flexibility index (Phi) is 4.37. The van der Waals surface area contributed by atoms with Crippen molar-refractivity contribution >= 4 is 5.91 Å². The minimum atomic E-state index is 0.156. The van der Waals surface area contributed by atoms with Crippen molar-refractivity contribution in [1.29, 1.82) is 0 Å². The average Bonchev–Trinajstić information content (AvgIpc) is 2.90. The van der Waals surface area contributed by atoms with Gasteiger partial charge in [-0.3, -0.25) is 4.79 Å². The van der Waals surface area contributed by atoms with Crippen molar-refractivity contribution in [2.45, 2.75) is 39.4 Å². The van der Waals surface area contributed by atoms with Crippen LogP contribution in [0.1, 0.15) is 42.6 Å². The smallest absolute Gasteiger partial charge is 0.253 e. The molecule has 0 atom stereocenters. The molecule has 3 nitrogen and oxygen atoms in total. The Morgan fingerprint density at radius 1 is 1.22 bits per heavy atom. The Balaban J connectivity index is 1.96. The number of amides is 1. The van der Waals surface area contributed by atoms with E-state index >= 15 is 0 Å². The zero-order chi connectivity index (χ0) is 13.0. The molecule has 0 aliphatic carbocycles. The summed E-state index contributed by atoms with van der Waals surface area (Å²) >= 11 is 0. The van der Waals surface area contributed by atoms with E-state index in [-0.39, 0.29) is 12.0 Å². The maximum Gasteiger partial charge on any atom is 0.253 e. The molecule has 98 valence electrons. The van der Waals surface area contributed by atoms with Crippen molar-refractivity contribution < 1.29 is 9.53 Å². The van der Waals surface area contributed by atoms with Gasteiger partial charge in [-0.25, -0.2) is 0 Å². The van der Waals surface area contributed by atoms with Gasteiger partial charge in [0.25, 0.3) is 5.91 Å². The van der Waals surface area contributed by atoms with Crippen LogP contribution in [0.3, 0.4) is 0 Å². The quantitative estimate of drug-likeness (QED) is 0.818. The van der Waals surface area contributed by atoms with Gasteiger partial charge in [0.2, 0.25) is 0 Å². The van der Waals surface area contributed by atoms with Crippen molar-refractivity contribution in [3.63, 3.8) is 0 Å². The molecule has 0 spiro atoms. The Bertz CT molecular complexity index is 391. The summed E-state index contributed by atoms with van der Waals surface area (Å²) in [6.45, 7) is 6.44. The predicted octanol–water partition coefficient (Wildman–Crippen LogP) is 2.85. The molecule has 3 heteroatoms. The van der Waals surface area contributed by atoms with Crippen LogP contribution in [-0.4, -0.2) is 30.0 Å². The van der Waals surface area contributed by atoms with E-state index in [0.717, 1.165) is 37.1 Å². The first kappa shape index (κ1) is 13.1. The monoisotopic (exact) mass is 247 g/mol. The summed E-state index contributed by atoms with van der Waals surface area (Å²) in [7, 11) is 0. The van der Waals surface area contributed by atoms with Gasteiger partial charge in [-0.1, -0.05) is 12.1 Å². The highest BCUT2D eigenvalue weighted by atomic mass is 16.5. The van der Waals surface area contributed by atoms with E-state index in [1.54, 1.807) is 0 Å². The van der Waals surface area contributed by atoms with Gasteiger partial charge < -0.3 is 9.64 Å². The van der Waals surface area contributed by atoms with Crippen LogP contribution in [0.2, 0.25) is 0 Å². The second-order valence-corrected chi connectivity index (χ2v) is 5.06. The summed E-state index contributed by atoms with van der Waals surface area (Å²) in [6.07, 6.45) is 2.49. The van der Waals surface area contributed by atoms with E-state index in [0.29, 0.717) is 6.61 Å². The molecule has 0 radical (unpaired) electrons. The van der Waals surface area contributed by atoms with E-state index in [1.165, 1.54) is 0 Å². The van der Waals surface area contributed by atoms with Crippen LogP contribution in [0.15, 0.2) is 24.3 Å². The molecule has 1 fully saturated rings. The number of carbonyl (C=O) groups is 1. The molecule has 0 bridgehead atoms. The lowest BCUT2D eigenvalue weighted by Crippen LogP contribution is -2.27. The van der Waals surface area contributed by atoms with Crippen molar-refractivity contribution in [2.24, 2.45) is 0 Å².